The summed E-state index contributed by atoms with van der Waals surface area (Å²) >= 11 is 0. The van der Waals surface area contributed by atoms with Crippen molar-refractivity contribution >= 4 is 15.7 Å². The van der Waals surface area contributed by atoms with Gasteiger partial charge in [-0.25, -0.2) is 13.4 Å². The van der Waals surface area contributed by atoms with Gasteiger partial charge in [-0.3, -0.25) is 4.79 Å². The Morgan fingerprint density at radius 3 is 2.13 bits per heavy atom. The summed E-state index contributed by atoms with van der Waals surface area (Å²) in [7, 11) is -4.28. The molecule has 3 rings (SSSR count). The molecule has 1 aliphatic heterocycles. The van der Waals surface area contributed by atoms with Crippen LogP contribution in [-0.2, 0) is 20.8 Å². The topological polar surface area (TPSA) is 67.3 Å². The highest BCUT2D eigenvalue weighted by molar-refractivity contribution is 7.93. The standard InChI is InChI=1S/C21H23F3N2O3S/c1-20(2,30(28,29)18-9-8-17(14-25-18)21(22,23)24)19(27)26-12-10-16(11-13-26)15-6-4-3-5-7-15/h3-9,14,16H,10-13H2,1-2H3. The number of rotatable bonds is 4. The molecule has 9 heteroatoms. The van der Waals surface area contributed by atoms with E-state index >= 15 is 0 Å². The lowest BCUT2D eigenvalue weighted by molar-refractivity contribution is -0.138. The van der Waals surface area contributed by atoms with Gasteiger partial charge >= 0.3 is 6.18 Å². The van der Waals surface area contributed by atoms with Gasteiger partial charge in [0, 0.05) is 19.3 Å². The van der Waals surface area contributed by atoms with Gasteiger partial charge in [0.05, 0.1) is 5.56 Å². The maximum atomic E-state index is 13.0. The van der Waals surface area contributed by atoms with Crippen LogP contribution in [0.1, 0.15) is 43.7 Å². The maximum Gasteiger partial charge on any atom is 0.417 e. The number of alkyl halides is 3. The Morgan fingerprint density at radius 2 is 1.63 bits per heavy atom. The lowest BCUT2D eigenvalue weighted by Crippen LogP contribution is -2.52. The van der Waals surface area contributed by atoms with Crippen molar-refractivity contribution in [3.05, 3.63) is 59.8 Å². The Hall–Kier alpha value is -2.42. The van der Waals surface area contributed by atoms with Crippen LogP contribution in [-0.4, -0.2) is 42.0 Å². The fourth-order valence-corrected chi connectivity index (χ4v) is 4.93. The molecule has 1 aromatic carbocycles. The molecule has 0 unspecified atom stereocenters. The third kappa shape index (κ3) is 4.21. The highest BCUT2D eigenvalue weighted by Crippen LogP contribution is 2.33. The Kier molecular flexibility index (Phi) is 5.95. The van der Waals surface area contributed by atoms with Gasteiger partial charge in [0.25, 0.3) is 0 Å². The second-order valence-corrected chi connectivity index (χ2v) is 10.3. The van der Waals surface area contributed by atoms with Crippen molar-refractivity contribution in [1.82, 2.24) is 9.88 Å². The van der Waals surface area contributed by atoms with E-state index in [0.717, 1.165) is 6.07 Å². The lowest BCUT2D eigenvalue weighted by atomic mass is 9.89. The van der Waals surface area contributed by atoms with E-state index in [-0.39, 0.29) is 0 Å². The minimum atomic E-state index is -4.62. The van der Waals surface area contributed by atoms with Crippen LogP contribution in [0.5, 0.6) is 0 Å². The van der Waals surface area contributed by atoms with E-state index < -0.39 is 37.3 Å². The number of pyridine rings is 1. The number of benzene rings is 1. The average Bonchev–Trinajstić information content (AvgIpc) is 2.73. The third-order valence-corrected chi connectivity index (χ3v) is 7.89. The molecular formula is C21H23F3N2O3S. The number of halogens is 3. The molecule has 162 valence electrons. The first-order valence-corrected chi connectivity index (χ1v) is 11.0. The lowest BCUT2D eigenvalue weighted by Gasteiger charge is -2.36. The van der Waals surface area contributed by atoms with E-state index in [0.29, 0.717) is 44.1 Å². The number of nitrogens with zero attached hydrogens (tertiary/aromatic N) is 2. The first-order chi connectivity index (χ1) is 13.9. The van der Waals surface area contributed by atoms with Crippen molar-refractivity contribution in [1.29, 1.82) is 0 Å². The Labute approximate surface area is 173 Å². The highest BCUT2D eigenvalue weighted by Gasteiger charge is 2.46. The zero-order valence-electron chi connectivity index (χ0n) is 16.7. The van der Waals surface area contributed by atoms with Crippen molar-refractivity contribution in [2.75, 3.05) is 13.1 Å². The molecule has 0 bridgehead atoms. The van der Waals surface area contributed by atoms with Gasteiger partial charge < -0.3 is 4.90 Å². The molecule has 1 aliphatic rings. The maximum absolute atomic E-state index is 13.0. The number of likely N-dealkylation sites (tertiary alicyclic amines) is 1. The first-order valence-electron chi connectivity index (χ1n) is 9.57. The fourth-order valence-electron chi connectivity index (χ4n) is 3.61. The van der Waals surface area contributed by atoms with Crippen LogP contribution in [0.25, 0.3) is 0 Å². The van der Waals surface area contributed by atoms with Crippen LogP contribution >= 0.6 is 0 Å². The van der Waals surface area contributed by atoms with E-state index in [2.05, 4.69) is 4.98 Å². The number of piperidine rings is 1. The minimum Gasteiger partial charge on any atom is -0.341 e. The van der Waals surface area contributed by atoms with Crippen molar-refractivity contribution in [3.8, 4) is 0 Å². The zero-order chi connectivity index (χ0) is 22.2. The monoisotopic (exact) mass is 440 g/mol. The molecule has 1 aromatic heterocycles. The van der Waals surface area contributed by atoms with E-state index in [9.17, 15) is 26.4 Å². The molecule has 2 heterocycles. The summed E-state index contributed by atoms with van der Waals surface area (Å²) in [5, 5.41) is -0.548. The summed E-state index contributed by atoms with van der Waals surface area (Å²) in [5.41, 5.74) is 0.138. The number of sulfone groups is 1. The van der Waals surface area contributed by atoms with Gasteiger partial charge in [-0.05, 0) is 50.3 Å². The van der Waals surface area contributed by atoms with Crippen LogP contribution in [0.4, 0.5) is 13.2 Å². The van der Waals surface area contributed by atoms with E-state index in [4.69, 9.17) is 0 Å². The van der Waals surface area contributed by atoms with Gasteiger partial charge in [-0.1, -0.05) is 30.3 Å². The molecule has 5 nitrogen and oxygen atoms in total. The Bertz CT molecular complexity index is 996. The summed E-state index contributed by atoms with van der Waals surface area (Å²) in [6, 6.07) is 11.4. The average molecular weight is 440 g/mol. The predicted molar refractivity (Wildman–Crippen MR) is 106 cm³/mol. The molecule has 0 radical (unpaired) electrons. The van der Waals surface area contributed by atoms with Crippen molar-refractivity contribution < 1.29 is 26.4 Å². The molecule has 0 spiro atoms. The number of aromatic nitrogens is 1. The number of hydrogen-bond donors (Lipinski definition) is 0. The highest BCUT2D eigenvalue weighted by atomic mass is 32.2. The quantitative estimate of drug-likeness (QED) is 0.719. The van der Waals surface area contributed by atoms with E-state index in [1.807, 2.05) is 30.3 Å². The van der Waals surface area contributed by atoms with Crippen molar-refractivity contribution in [2.45, 2.75) is 48.6 Å². The molecule has 1 fully saturated rings. The SMILES string of the molecule is CC(C)(C(=O)N1CCC(c2ccccc2)CC1)S(=O)(=O)c1ccc(C(F)(F)F)cn1. The Morgan fingerprint density at radius 1 is 1.03 bits per heavy atom. The Balaban J connectivity index is 1.75. The molecule has 1 saturated heterocycles. The number of hydrogen-bond acceptors (Lipinski definition) is 4. The number of amides is 1. The summed E-state index contributed by atoms with van der Waals surface area (Å²) < 4.78 is 62.3. The second-order valence-electron chi connectivity index (χ2n) is 7.87. The van der Waals surface area contributed by atoms with Crippen LogP contribution in [0, 0.1) is 0 Å². The van der Waals surface area contributed by atoms with Gasteiger partial charge in [0.15, 0.2) is 9.77 Å². The second kappa shape index (κ2) is 8.02. The zero-order valence-corrected chi connectivity index (χ0v) is 17.5. The van der Waals surface area contributed by atoms with Crippen LogP contribution < -0.4 is 0 Å². The molecule has 0 aliphatic carbocycles. The molecule has 0 N–H and O–H groups in total. The molecule has 2 aromatic rings. The van der Waals surface area contributed by atoms with Crippen molar-refractivity contribution in [2.24, 2.45) is 0 Å². The fraction of sp³-hybridized carbons (Fsp3) is 0.429. The molecule has 0 saturated carbocycles. The first kappa shape index (κ1) is 22.3. The summed E-state index contributed by atoms with van der Waals surface area (Å²) in [5.74, 6) is -0.276. The van der Waals surface area contributed by atoms with Gasteiger partial charge in [-0.15, -0.1) is 0 Å². The third-order valence-electron chi connectivity index (χ3n) is 5.58. The van der Waals surface area contributed by atoms with Gasteiger partial charge in [0.2, 0.25) is 15.7 Å². The normalized spacial score (nSPS) is 16.5. The van der Waals surface area contributed by atoms with E-state index in [1.165, 1.54) is 24.3 Å². The molecule has 0 atom stereocenters. The smallest absolute Gasteiger partial charge is 0.341 e. The minimum absolute atomic E-state index is 0.298. The van der Waals surface area contributed by atoms with Crippen LogP contribution in [0.15, 0.2) is 53.7 Å². The number of carbonyl (C=O) groups excluding carboxylic acids is 1. The molecule has 1 amide bonds. The summed E-state index contributed by atoms with van der Waals surface area (Å²) in [6.45, 7) is 3.37. The van der Waals surface area contributed by atoms with Gasteiger partial charge in [-0.2, -0.15) is 13.2 Å². The summed E-state index contributed by atoms with van der Waals surface area (Å²) in [4.78, 5) is 18.0. The van der Waals surface area contributed by atoms with Crippen LogP contribution in [0.2, 0.25) is 0 Å². The van der Waals surface area contributed by atoms with Crippen LogP contribution in [0.3, 0.4) is 0 Å². The number of carbonyl (C=O) groups is 1. The largest absolute Gasteiger partial charge is 0.417 e. The van der Waals surface area contributed by atoms with Crippen molar-refractivity contribution in [3.63, 3.8) is 0 Å². The molecular weight excluding hydrogens is 417 g/mol. The molecule has 30 heavy (non-hydrogen) atoms. The van der Waals surface area contributed by atoms with Gasteiger partial charge in [0.1, 0.15) is 0 Å². The summed E-state index contributed by atoms with van der Waals surface area (Å²) in [6.07, 6.45) is -2.72. The van der Waals surface area contributed by atoms with E-state index in [1.54, 1.807) is 0 Å². The predicted octanol–water partition coefficient (Wildman–Crippen LogP) is 4.06.